The molecule has 178 valence electrons. The normalized spacial score (nSPS) is 11.6. The highest BCUT2D eigenvalue weighted by Gasteiger charge is 2.31. The molecule has 0 fully saturated rings. The summed E-state index contributed by atoms with van der Waals surface area (Å²) in [5.41, 5.74) is 1.12. The van der Waals surface area contributed by atoms with Gasteiger partial charge < -0.3 is 14.0 Å². The smallest absolute Gasteiger partial charge is 0.468 e. The highest BCUT2D eigenvalue weighted by molar-refractivity contribution is 5.65. The molecule has 5 aromatic rings. The van der Waals surface area contributed by atoms with Gasteiger partial charge in [0.2, 0.25) is 5.88 Å². The van der Waals surface area contributed by atoms with Crippen LogP contribution in [0.3, 0.4) is 0 Å². The molecule has 0 aliphatic heterocycles. The second-order valence-electron chi connectivity index (χ2n) is 7.22. The molecule has 35 heavy (non-hydrogen) atoms. The van der Waals surface area contributed by atoms with Crippen molar-refractivity contribution in [1.29, 1.82) is 0 Å². The van der Waals surface area contributed by atoms with E-state index < -0.39 is 12.1 Å². The number of hydrogen-bond donors (Lipinski definition) is 0. The van der Waals surface area contributed by atoms with Crippen molar-refractivity contribution in [3.05, 3.63) is 89.2 Å². The van der Waals surface area contributed by atoms with E-state index in [4.69, 9.17) is 9.26 Å². The van der Waals surface area contributed by atoms with Crippen molar-refractivity contribution in [2.24, 2.45) is 0 Å². The number of alkyl halides is 3. The Hall–Kier alpha value is -4.68. The van der Waals surface area contributed by atoms with Gasteiger partial charge in [0.05, 0.1) is 0 Å². The number of halogens is 3. The second kappa shape index (κ2) is 8.93. The zero-order valence-corrected chi connectivity index (χ0v) is 17.7. The van der Waals surface area contributed by atoms with Crippen molar-refractivity contribution < 1.29 is 27.2 Å². The van der Waals surface area contributed by atoms with E-state index in [0.29, 0.717) is 22.7 Å². The molecule has 0 atom stereocenters. The van der Waals surface area contributed by atoms with E-state index in [1.54, 1.807) is 42.7 Å². The minimum atomic E-state index is -4.77. The molecule has 0 spiro atoms. The molecule has 0 saturated carbocycles. The van der Waals surface area contributed by atoms with Crippen LogP contribution in [0.15, 0.2) is 76.3 Å². The van der Waals surface area contributed by atoms with E-state index in [1.807, 2.05) is 0 Å². The fourth-order valence-corrected chi connectivity index (χ4v) is 3.26. The largest absolute Gasteiger partial charge is 0.573 e. The molecule has 0 unspecified atom stereocenters. The average Bonchev–Trinajstić information content (AvgIpc) is 3.42. The Bertz CT molecular complexity index is 1510. The van der Waals surface area contributed by atoms with Gasteiger partial charge in [0, 0.05) is 18.5 Å². The fraction of sp³-hybridized carbons (Fsp3) is 0.136. The molecular formula is C22H15F3N6O4. The van der Waals surface area contributed by atoms with Gasteiger partial charge in [0.25, 0.3) is 5.89 Å². The standard InChI is InChI=1S/C22H15F3N6O4/c23-22(24,25)34-16-7-4-14(5-8-16)15-6-9-18-28-31(21(32)30(18)11-15)12-17-27-20(35-29-17)13-33-19-3-1-2-10-26-19/h1-11H,12-13H2. The Balaban J connectivity index is 1.31. The summed E-state index contributed by atoms with van der Waals surface area (Å²) in [6.07, 6.45) is -1.63. The van der Waals surface area contributed by atoms with Crippen molar-refractivity contribution in [3.63, 3.8) is 0 Å². The third-order valence-corrected chi connectivity index (χ3v) is 4.78. The molecule has 4 aromatic heterocycles. The molecule has 0 amide bonds. The van der Waals surface area contributed by atoms with Crippen molar-refractivity contribution in [2.45, 2.75) is 19.5 Å². The van der Waals surface area contributed by atoms with Crippen LogP contribution >= 0.6 is 0 Å². The van der Waals surface area contributed by atoms with Crippen molar-refractivity contribution >= 4 is 5.65 Å². The molecule has 1 aromatic carbocycles. The van der Waals surface area contributed by atoms with Crippen molar-refractivity contribution in [3.8, 4) is 22.8 Å². The molecule has 0 radical (unpaired) electrons. The Kier molecular flexibility index (Phi) is 5.65. The molecular weight excluding hydrogens is 469 g/mol. The van der Waals surface area contributed by atoms with Crippen LogP contribution in [0.25, 0.3) is 16.8 Å². The summed E-state index contributed by atoms with van der Waals surface area (Å²) in [4.78, 5) is 21.1. The number of fused-ring (bicyclic) bond motifs is 1. The lowest BCUT2D eigenvalue weighted by atomic mass is 10.1. The predicted molar refractivity (Wildman–Crippen MR) is 114 cm³/mol. The summed E-state index contributed by atoms with van der Waals surface area (Å²) in [6.45, 7) is -0.0212. The van der Waals surface area contributed by atoms with Crippen LogP contribution < -0.4 is 15.2 Å². The van der Waals surface area contributed by atoms with Crippen LogP contribution in [0.5, 0.6) is 11.6 Å². The maximum Gasteiger partial charge on any atom is 0.573 e. The quantitative estimate of drug-likeness (QED) is 0.346. The zero-order valence-electron chi connectivity index (χ0n) is 17.7. The Morgan fingerprint density at radius 1 is 1.00 bits per heavy atom. The molecule has 5 rings (SSSR count). The number of hydrogen-bond acceptors (Lipinski definition) is 8. The van der Waals surface area contributed by atoms with E-state index in [0.717, 1.165) is 0 Å². The molecule has 0 bridgehead atoms. The third-order valence-electron chi connectivity index (χ3n) is 4.78. The molecule has 0 N–H and O–H groups in total. The lowest BCUT2D eigenvalue weighted by molar-refractivity contribution is -0.274. The highest BCUT2D eigenvalue weighted by Crippen LogP contribution is 2.26. The maximum absolute atomic E-state index is 12.8. The van der Waals surface area contributed by atoms with Crippen LogP contribution in [0.4, 0.5) is 13.2 Å². The van der Waals surface area contributed by atoms with Crippen LogP contribution in [0.2, 0.25) is 0 Å². The summed E-state index contributed by atoms with van der Waals surface area (Å²) in [5.74, 6) is 0.512. The number of rotatable bonds is 7. The van der Waals surface area contributed by atoms with Gasteiger partial charge in [0.15, 0.2) is 18.1 Å². The Morgan fingerprint density at radius 3 is 2.54 bits per heavy atom. The molecule has 10 nitrogen and oxygen atoms in total. The monoisotopic (exact) mass is 484 g/mol. The SMILES string of the molecule is O=c1n(Cc2noc(COc3ccccn3)n2)nc2ccc(-c3ccc(OC(F)(F)F)cc3)cn12. The van der Waals surface area contributed by atoms with Gasteiger partial charge in [-0.15, -0.1) is 18.3 Å². The molecule has 4 heterocycles. The van der Waals surface area contributed by atoms with E-state index in [9.17, 15) is 18.0 Å². The summed E-state index contributed by atoms with van der Waals surface area (Å²) in [5, 5.41) is 8.11. The summed E-state index contributed by atoms with van der Waals surface area (Å²) >= 11 is 0. The Morgan fingerprint density at radius 2 is 1.80 bits per heavy atom. The minimum Gasteiger partial charge on any atom is -0.468 e. The minimum absolute atomic E-state index is 0.0141. The number of benzene rings is 1. The van der Waals surface area contributed by atoms with E-state index in [2.05, 4.69) is 25.0 Å². The van der Waals surface area contributed by atoms with Gasteiger partial charge in [-0.25, -0.2) is 18.9 Å². The van der Waals surface area contributed by atoms with Crippen LogP contribution in [0, 0.1) is 0 Å². The van der Waals surface area contributed by atoms with Gasteiger partial charge in [-0.05, 0) is 41.5 Å². The number of aromatic nitrogens is 6. The molecule has 0 aliphatic carbocycles. The number of ether oxygens (including phenoxy) is 2. The summed E-state index contributed by atoms with van der Waals surface area (Å²) in [7, 11) is 0. The summed E-state index contributed by atoms with van der Waals surface area (Å²) in [6, 6.07) is 13.9. The Labute approximate surface area is 194 Å². The molecule has 13 heteroatoms. The first-order valence-electron chi connectivity index (χ1n) is 10.1. The van der Waals surface area contributed by atoms with Crippen molar-refractivity contribution in [2.75, 3.05) is 0 Å². The van der Waals surface area contributed by atoms with Crippen LogP contribution in [0.1, 0.15) is 11.7 Å². The van der Waals surface area contributed by atoms with E-state index in [-0.39, 0.29) is 30.6 Å². The fourth-order valence-electron chi connectivity index (χ4n) is 3.26. The molecule has 0 aliphatic rings. The van der Waals surface area contributed by atoms with Gasteiger partial charge in [-0.2, -0.15) is 4.98 Å². The van der Waals surface area contributed by atoms with E-state index >= 15 is 0 Å². The van der Waals surface area contributed by atoms with Gasteiger partial charge >= 0.3 is 12.1 Å². The first-order chi connectivity index (χ1) is 16.8. The zero-order chi connectivity index (χ0) is 24.4. The number of nitrogens with zero attached hydrogens (tertiary/aromatic N) is 6. The van der Waals surface area contributed by atoms with Crippen LogP contribution in [-0.2, 0) is 13.2 Å². The second-order valence-corrected chi connectivity index (χ2v) is 7.22. The third kappa shape index (κ3) is 5.13. The van der Waals surface area contributed by atoms with Gasteiger partial charge in [-0.3, -0.25) is 0 Å². The number of pyridine rings is 2. The predicted octanol–water partition coefficient (Wildman–Crippen LogP) is 3.47. The van der Waals surface area contributed by atoms with Crippen molar-refractivity contribution in [1.82, 2.24) is 29.3 Å². The lowest BCUT2D eigenvalue weighted by Crippen LogP contribution is -2.22. The van der Waals surface area contributed by atoms with Gasteiger partial charge in [-0.1, -0.05) is 23.4 Å². The maximum atomic E-state index is 12.8. The highest BCUT2D eigenvalue weighted by atomic mass is 19.4. The van der Waals surface area contributed by atoms with Crippen LogP contribution in [-0.4, -0.2) is 35.7 Å². The van der Waals surface area contributed by atoms with E-state index in [1.165, 1.54) is 33.3 Å². The first kappa shape index (κ1) is 22.1. The lowest BCUT2D eigenvalue weighted by Gasteiger charge is -2.09. The topological polar surface area (TPSA) is 110 Å². The molecule has 0 saturated heterocycles. The van der Waals surface area contributed by atoms with Gasteiger partial charge in [0.1, 0.15) is 12.3 Å². The average molecular weight is 484 g/mol. The summed E-state index contributed by atoms with van der Waals surface area (Å²) < 4.78 is 54.1. The first-order valence-corrected chi connectivity index (χ1v) is 10.1.